The van der Waals surface area contributed by atoms with Crippen LogP contribution >= 0.6 is 11.6 Å². The van der Waals surface area contributed by atoms with Crippen LogP contribution in [0.1, 0.15) is 19.4 Å². The molecule has 20 heavy (non-hydrogen) atoms. The molecule has 8 heteroatoms. The third-order valence-corrected chi connectivity index (χ3v) is 2.84. The van der Waals surface area contributed by atoms with Crippen LogP contribution in [0, 0.1) is 5.92 Å². The van der Waals surface area contributed by atoms with Crippen molar-refractivity contribution in [1.29, 1.82) is 0 Å². The van der Waals surface area contributed by atoms with Crippen LogP contribution < -0.4 is 61.8 Å². The number of anilines is 1. The number of halogens is 4. The maximum atomic E-state index is 12.4. The molecule has 1 N–H and O–H groups in total. The summed E-state index contributed by atoms with van der Waals surface area (Å²) in [7, 11) is 0. The third-order valence-electron chi connectivity index (χ3n) is 2.53. The van der Waals surface area contributed by atoms with E-state index in [0.717, 1.165) is 18.2 Å². The van der Waals surface area contributed by atoms with Gasteiger partial charge in [-0.05, 0) is 24.1 Å². The van der Waals surface area contributed by atoms with Gasteiger partial charge in [-0.15, -0.1) is 0 Å². The number of benzene rings is 1. The second-order valence-electron chi connectivity index (χ2n) is 4.38. The first-order valence-electron chi connectivity index (χ1n) is 5.47. The Balaban J connectivity index is 0.00000361. The summed E-state index contributed by atoms with van der Waals surface area (Å²) in [6.45, 7) is 3.29. The molecule has 1 aromatic carbocycles. The number of carboxylic acid groups (broad SMARTS) is 1. The Morgan fingerprint density at radius 3 is 2.25 bits per heavy atom. The molecular weight excluding hydrogens is 322 g/mol. The van der Waals surface area contributed by atoms with E-state index in [9.17, 15) is 23.1 Å². The fourth-order valence-electron chi connectivity index (χ4n) is 1.47. The zero-order chi connectivity index (χ0) is 14.8. The van der Waals surface area contributed by atoms with E-state index >= 15 is 0 Å². The van der Waals surface area contributed by atoms with E-state index in [1.807, 2.05) is 0 Å². The van der Waals surface area contributed by atoms with Gasteiger partial charge in [0.2, 0.25) is 0 Å². The van der Waals surface area contributed by atoms with Crippen molar-refractivity contribution in [3.05, 3.63) is 28.8 Å². The fourth-order valence-corrected chi connectivity index (χ4v) is 1.71. The van der Waals surface area contributed by atoms with Gasteiger partial charge < -0.3 is 15.2 Å². The molecule has 0 aliphatic carbocycles. The van der Waals surface area contributed by atoms with Crippen LogP contribution in [-0.2, 0) is 11.0 Å². The molecule has 106 valence electrons. The van der Waals surface area contributed by atoms with Crippen LogP contribution in [-0.4, -0.2) is 12.0 Å². The minimum Gasteiger partial charge on any atom is -0.548 e. The minimum atomic E-state index is -4.49. The van der Waals surface area contributed by atoms with Crippen LogP contribution in [0.3, 0.4) is 0 Å². The van der Waals surface area contributed by atoms with Gasteiger partial charge in [0, 0.05) is 0 Å². The molecule has 0 saturated carbocycles. The van der Waals surface area contributed by atoms with Crippen molar-refractivity contribution >= 4 is 23.3 Å². The molecule has 1 aromatic rings. The van der Waals surface area contributed by atoms with Gasteiger partial charge in [-0.3, -0.25) is 0 Å². The molecule has 0 radical (unpaired) electrons. The smallest absolute Gasteiger partial charge is 0.548 e. The number of alkyl halides is 3. The van der Waals surface area contributed by atoms with Gasteiger partial charge in [0.05, 0.1) is 28.3 Å². The van der Waals surface area contributed by atoms with E-state index in [0.29, 0.717) is 0 Å². The zero-order valence-electron chi connectivity index (χ0n) is 11.2. The van der Waals surface area contributed by atoms with E-state index < -0.39 is 23.8 Å². The van der Waals surface area contributed by atoms with E-state index in [-0.39, 0.29) is 68.0 Å². The van der Waals surface area contributed by atoms with E-state index in [2.05, 4.69) is 5.32 Å². The number of carbonyl (C=O) groups is 1. The van der Waals surface area contributed by atoms with Gasteiger partial charge in [-0.2, -0.15) is 13.2 Å². The van der Waals surface area contributed by atoms with Crippen molar-refractivity contribution in [1.82, 2.24) is 0 Å². The van der Waals surface area contributed by atoms with Gasteiger partial charge in [-0.1, -0.05) is 25.4 Å². The molecular formula is C12H12ClF3KNO2. The Kier molecular flexibility index (Phi) is 8.08. The molecule has 0 aliphatic rings. The van der Waals surface area contributed by atoms with E-state index in [1.54, 1.807) is 13.8 Å². The first-order chi connectivity index (χ1) is 8.62. The SMILES string of the molecule is CC(C)[C@@H](Nc1ccc(C(F)(F)F)cc1Cl)C(=O)[O-].[K+]. The molecule has 3 nitrogen and oxygen atoms in total. The predicted octanol–water partition coefficient (Wildman–Crippen LogP) is -0.451. The third kappa shape index (κ3) is 5.53. The summed E-state index contributed by atoms with van der Waals surface area (Å²) in [5.41, 5.74) is -0.768. The summed E-state index contributed by atoms with van der Waals surface area (Å²) in [4.78, 5) is 10.9. The summed E-state index contributed by atoms with van der Waals surface area (Å²) >= 11 is 5.71. The van der Waals surface area contributed by atoms with E-state index in [1.165, 1.54) is 0 Å². The Hall–Kier alpha value is 0.206. The number of hydrogen-bond acceptors (Lipinski definition) is 3. The zero-order valence-corrected chi connectivity index (χ0v) is 15.1. The molecule has 0 aromatic heterocycles. The number of aliphatic carboxylic acids is 1. The minimum absolute atomic E-state index is 0. The summed E-state index contributed by atoms with van der Waals surface area (Å²) in [5, 5.41) is 13.3. The molecule has 0 amide bonds. The van der Waals surface area contributed by atoms with Crippen molar-refractivity contribution in [2.24, 2.45) is 5.92 Å². The Morgan fingerprint density at radius 1 is 1.35 bits per heavy atom. The summed E-state index contributed by atoms with van der Waals surface area (Å²) < 4.78 is 37.3. The molecule has 1 atom stereocenters. The molecule has 0 unspecified atom stereocenters. The number of nitrogens with one attached hydrogen (secondary N) is 1. The van der Waals surface area contributed by atoms with Crippen LogP contribution in [0.5, 0.6) is 0 Å². The molecule has 0 spiro atoms. The van der Waals surface area contributed by atoms with Gasteiger partial charge in [0.25, 0.3) is 0 Å². The van der Waals surface area contributed by atoms with Crippen LogP contribution in [0.25, 0.3) is 0 Å². The standard InChI is InChI=1S/C12H13ClF3NO2.K/c1-6(2)10(11(18)19)17-9-4-3-7(5-8(9)13)12(14,15)16;/h3-6,10,17H,1-2H3,(H,18,19);/q;+1/p-1/t10-;/m1./s1. The fraction of sp³-hybridized carbons (Fsp3) is 0.417. The molecule has 0 heterocycles. The topological polar surface area (TPSA) is 52.2 Å². The maximum Gasteiger partial charge on any atom is 1.00 e. The van der Waals surface area contributed by atoms with Crippen molar-refractivity contribution in [3.8, 4) is 0 Å². The Bertz CT molecular complexity index is 480. The van der Waals surface area contributed by atoms with Crippen LogP contribution in [0.2, 0.25) is 5.02 Å². The monoisotopic (exact) mass is 333 g/mol. The Morgan fingerprint density at radius 2 is 1.90 bits per heavy atom. The average molecular weight is 334 g/mol. The quantitative estimate of drug-likeness (QED) is 0.759. The van der Waals surface area contributed by atoms with Crippen LogP contribution in [0.15, 0.2) is 18.2 Å². The number of rotatable bonds is 4. The maximum absolute atomic E-state index is 12.4. The van der Waals surface area contributed by atoms with Crippen molar-refractivity contribution in [3.63, 3.8) is 0 Å². The van der Waals surface area contributed by atoms with Gasteiger partial charge >= 0.3 is 57.6 Å². The summed E-state index contributed by atoms with van der Waals surface area (Å²) in [5.74, 6) is -1.64. The van der Waals surface area contributed by atoms with E-state index in [4.69, 9.17) is 11.6 Å². The summed E-state index contributed by atoms with van der Waals surface area (Å²) in [6, 6.07) is 1.65. The summed E-state index contributed by atoms with van der Waals surface area (Å²) in [6.07, 6.45) is -4.49. The van der Waals surface area contributed by atoms with Crippen molar-refractivity contribution < 1.29 is 74.5 Å². The van der Waals surface area contributed by atoms with Crippen LogP contribution in [0.4, 0.5) is 18.9 Å². The number of carbonyl (C=O) groups excluding carboxylic acids is 1. The predicted molar refractivity (Wildman–Crippen MR) is 63.7 cm³/mol. The van der Waals surface area contributed by atoms with Gasteiger partial charge in [0.1, 0.15) is 0 Å². The first kappa shape index (κ1) is 20.2. The first-order valence-corrected chi connectivity index (χ1v) is 5.85. The largest absolute Gasteiger partial charge is 1.00 e. The molecule has 0 aliphatic heterocycles. The molecule has 1 rings (SSSR count). The molecule has 0 fully saturated rings. The number of carboxylic acids is 1. The Labute approximate surface area is 162 Å². The van der Waals surface area contributed by atoms with Gasteiger partial charge in [-0.25, -0.2) is 0 Å². The molecule has 0 bridgehead atoms. The second kappa shape index (κ2) is 8.00. The van der Waals surface area contributed by atoms with Crippen molar-refractivity contribution in [2.75, 3.05) is 5.32 Å². The average Bonchev–Trinajstić information content (AvgIpc) is 2.24. The second-order valence-corrected chi connectivity index (χ2v) is 4.78. The molecule has 0 saturated heterocycles. The van der Waals surface area contributed by atoms with Crippen molar-refractivity contribution in [2.45, 2.75) is 26.1 Å². The van der Waals surface area contributed by atoms with Gasteiger partial charge in [0.15, 0.2) is 0 Å². The number of hydrogen-bond donors (Lipinski definition) is 1. The normalized spacial score (nSPS) is 12.8.